The summed E-state index contributed by atoms with van der Waals surface area (Å²) in [6.07, 6.45) is -1.71. The molecule has 5 heteroatoms. The molecule has 0 radical (unpaired) electrons. The number of ether oxygens (including phenoxy) is 1. The van der Waals surface area contributed by atoms with E-state index in [1.807, 2.05) is 0 Å². The Hall–Kier alpha value is -1.59. The molecule has 100 valence electrons. The molecule has 0 heterocycles. The zero-order valence-electron chi connectivity index (χ0n) is 10.6. The van der Waals surface area contributed by atoms with Gasteiger partial charge in [-0.2, -0.15) is 0 Å². The normalized spacial score (nSPS) is 13.8. The highest BCUT2D eigenvalue weighted by molar-refractivity contribution is 5.72. The molecule has 0 bridgehead atoms. The van der Waals surface area contributed by atoms with Crippen molar-refractivity contribution >= 4 is 5.91 Å². The molecule has 3 N–H and O–H groups in total. The van der Waals surface area contributed by atoms with Crippen LogP contribution >= 0.6 is 0 Å². The Morgan fingerprint density at radius 1 is 1.39 bits per heavy atom. The number of para-hydroxylation sites is 1. The second-order valence-corrected chi connectivity index (χ2v) is 4.03. The Morgan fingerprint density at radius 3 is 2.67 bits per heavy atom. The van der Waals surface area contributed by atoms with Gasteiger partial charge in [0.2, 0.25) is 5.91 Å². The van der Waals surface area contributed by atoms with E-state index in [-0.39, 0.29) is 12.3 Å². The lowest BCUT2D eigenvalue weighted by molar-refractivity contribution is -0.119. The minimum Gasteiger partial charge on any atom is -0.496 e. The number of methoxy groups -OCH3 is 1. The molecule has 0 saturated heterocycles. The maximum atomic E-state index is 10.7. The Kier molecular flexibility index (Phi) is 5.61. The van der Waals surface area contributed by atoms with E-state index in [0.717, 1.165) is 0 Å². The van der Waals surface area contributed by atoms with Crippen LogP contribution in [0.3, 0.4) is 0 Å². The van der Waals surface area contributed by atoms with Crippen molar-refractivity contribution in [2.75, 3.05) is 13.7 Å². The number of aliphatic hydroxyl groups is 2. The van der Waals surface area contributed by atoms with E-state index in [4.69, 9.17) is 4.74 Å². The summed E-state index contributed by atoms with van der Waals surface area (Å²) in [5, 5.41) is 22.4. The van der Waals surface area contributed by atoms with Crippen LogP contribution in [0.1, 0.15) is 25.0 Å². The molecule has 0 aliphatic rings. The van der Waals surface area contributed by atoms with Gasteiger partial charge >= 0.3 is 0 Å². The van der Waals surface area contributed by atoms with Crippen molar-refractivity contribution < 1.29 is 19.7 Å². The molecule has 1 rings (SSSR count). The van der Waals surface area contributed by atoms with Gasteiger partial charge in [0.15, 0.2) is 0 Å². The van der Waals surface area contributed by atoms with Crippen molar-refractivity contribution in [3.8, 4) is 5.75 Å². The molecule has 5 nitrogen and oxygen atoms in total. The Balaban J connectivity index is 2.62. The fraction of sp³-hybridized carbons (Fsp3) is 0.462. The summed E-state index contributed by atoms with van der Waals surface area (Å²) in [7, 11) is 1.51. The molecule has 1 aromatic rings. The number of hydrogen-bond acceptors (Lipinski definition) is 4. The number of carbonyl (C=O) groups is 1. The summed E-state index contributed by atoms with van der Waals surface area (Å²) in [5.41, 5.74) is 0.537. The molecule has 2 atom stereocenters. The van der Waals surface area contributed by atoms with E-state index in [9.17, 15) is 15.0 Å². The Labute approximate surface area is 106 Å². The summed E-state index contributed by atoms with van der Waals surface area (Å²) < 4.78 is 5.12. The summed E-state index contributed by atoms with van der Waals surface area (Å²) >= 11 is 0. The van der Waals surface area contributed by atoms with Crippen molar-refractivity contribution in [2.24, 2.45) is 0 Å². The molecule has 0 aromatic heterocycles. The van der Waals surface area contributed by atoms with Crippen molar-refractivity contribution in [2.45, 2.75) is 25.6 Å². The first-order chi connectivity index (χ1) is 8.56. The average molecular weight is 253 g/mol. The molecule has 0 fully saturated rings. The number of carbonyl (C=O) groups excluding carboxylic acids is 1. The molecule has 2 unspecified atom stereocenters. The van der Waals surface area contributed by atoms with Gasteiger partial charge in [-0.25, -0.2) is 0 Å². The summed E-state index contributed by atoms with van der Waals surface area (Å²) in [6.45, 7) is 1.73. The van der Waals surface area contributed by atoms with Gasteiger partial charge in [-0.3, -0.25) is 4.79 Å². The van der Waals surface area contributed by atoms with Crippen LogP contribution in [0, 0.1) is 0 Å². The van der Waals surface area contributed by atoms with Gasteiger partial charge in [-0.05, 0) is 12.5 Å². The number of hydrogen-bond donors (Lipinski definition) is 3. The maximum absolute atomic E-state index is 10.7. The van der Waals surface area contributed by atoms with Gasteiger partial charge in [-0.1, -0.05) is 18.2 Å². The Bertz CT molecular complexity index is 394. The topological polar surface area (TPSA) is 78.8 Å². The number of benzene rings is 1. The Morgan fingerprint density at radius 2 is 2.06 bits per heavy atom. The molecule has 0 aliphatic heterocycles. The number of nitrogens with one attached hydrogen (secondary N) is 1. The minimum atomic E-state index is -1.03. The molecule has 1 amide bonds. The van der Waals surface area contributed by atoms with Crippen LogP contribution in [-0.4, -0.2) is 35.9 Å². The van der Waals surface area contributed by atoms with Gasteiger partial charge in [-0.15, -0.1) is 0 Å². The third kappa shape index (κ3) is 4.01. The van der Waals surface area contributed by atoms with Crippen molar-refractivity contribution in [3.63, 3.8) is 0 Å². The van der Waals surface area contributed by atoms with Crippen LogP contribution < -0.4 is 10.1 Å². The summed E-state index contributed by atoms with van der Waals surface area (Å²) in [5.74, 6) is 0.373. The summed E-state index contributed by atoms with van der Waals surface area (Å²) in [6, 6.07) is 6.98. The second kappa shape index (κ2) is 6.98. The van der Waals surface area contributed by atoms with Gasteiger partial charge in [0, 0.05) is 19.0 Å². The van der Waals surface area contributed by atoms with E-state index in [1.54, 1.807) is 24.3 Å². The summed E-state index contributed by atoms with van der Waals surface area (Å²) in [4.78, 5) is 10.7. The number of rotatable bonds is 6. The van der Waals surface area contributed by atoms with Crippen molar-refractivity contribution in [3.05, 3.63) is 29.8 Å². The quantitative estimate of drug-likeness (QED) is 0.694. The molecule has 1 aromatic carbocycles. The minimum absolute atomic E-state index is 0.158. The van der Waals surface area contributed by atoms with Crippen molar-refractivity contribution in [1.29, 1.82) is 0 Å². The first-order valence-corrected chi connectivity index (χ1v) is 5.79. The van der Waals surface area contributed by atoms with Gasteiger partial charge in [0.05, 0.1) is 13.2 Å². The zero-order chi connectivity index (χ0) is 13.5. The average Bonchev–Trinajstić information content (AvgIpc) is 2.37. The molecule has 0 aliphatic carbocycles. The lowest BCUT2D eigenvalue weighted by Gasteiger charge is -2.20. The molecular weight excluding hydrogens is 234 g/mol. The van der Waals surface area contributed by atoms with E-state index < -0.39 is 12.2 Å². The van der Waals surface area contributed by atoms with Crippen LogP contribution in [0.25, 0.3) is 0 Å². The third-order valence-corrected chi connectivity index (χ3v) is 2.64. The predicted molar refractivity (Wildman–Crippen MR) is 67.3 cm³/mol. The lowest BCUT2D eigenvalue weighted by Crippen LogP contribution is -2.27. The first kappa shape index (κ1) is 14.5. The highest BCUT2D eigenvalue weighted by Crippen LogP contribution is 2.27. The highest BCUT2D eigenvalue weighted by atomic mass is 16.5. The second-order valence-electron chi connectivity index (χ2n) is 4.03. The van der Waals surface area contributed by atoms with Crippen LogP contribution in [0.2, 0.25) is 0 Å². The molecule has 0 spiro atoms. The SMILES string of the molecule is COc1ccccc1C(O)C(O)CCNC(C)=O. The van der Waals surface area contributed by atoms with E-state index in [0.29, 0.717) is 17.9 Å². The van der Waals surface area contributed by atoms with Gasteiger partial charge < -0.3 is 20.3 Å². The standard InChI is InChI=1S/C13H19NO4/c1-9(15)14-8-7-11(16)13(17)10-5-3-4-6-12(10)18-2/h3-6,11,13,16-17H,7-8H2,1-2H3,(H,14,15). The van der Waals surface area contributed by atoms with Crippen LogP contribution in [0.15, 0.2) is 24.3 Å². The monoisotopic (exact) mass is 253 g/mol. The van der Waals surface area contributed by atoms with Crippen LogP contribution in [0.4, 0.5) is 0 Å². The predicted octanol–water partition coefficient (Wildman–Crippen LogP) is 0.616. The molecule has 18 heavy (non-hydrogen) atoms. The molecular formula is C13H19NO4. The van der Waals surface area contributed by atoms with Crippen LogP contribution in [0.5, 0.6) is 5.75 Å². The maximum Gasteiger partial charge on any atom is 0.216 e. The lowest BCUT2D eigenvalue weighted by atomic mass is 10.0. The van der Waals surface area contributed by atoms with E-state index >= 15 is 0 Å². The number of aliphatic hydroxyl groups excluding tert-OH is 2. The number of amides is 1. The fourth-order valence-corrected chi connectivity index (χ4v) is 1.67. The first-order valence-electron chi connectivity index (χ1n) is 5.79. The van der Waals surface area contributed by atoms with E-state index in [1.165, 1.54) is 14.0 Å². The van der Waals surface area contributed by atoms with Gasteiger partial charge in [0.25, 0.3) is 0 Å². The zero-order valence-corrected chi connectivity index (χ0v) is 10.6. The van der Waals surface area contributed by atoms with Crippen LogP contribution in [-0.2, 0) is 4.79 Å². The third-order valence-electron chi connectivity index (χ3n) is 2.64. The smallest absolute Gasteiger partial charge is 0.216 e. The molecule has 0 saturated carbocycles. The van der Waals surface area contributed by atoms with Gasteiger partial charge in [0.1, 0.15) is 11.9 Å². The largest absolute Gasteiger partial charge is 0.496 e. The van der Waals surface area contributed by atoms with Crippen molar-refractivity contribution in [1.82, 2.24) is 5.32 Å². The highest BCUT2D eigenvalue weighted by Gasteiger charge is 2.21. The van der Waals surface area contributed by atoms with E-state index in [2.05, 4.69) is 5.32 Å². The fourth-order valence-electron chi connectivity index (χ4n) is 1.67.